The Bertz CT molecular complexity index is 726. The highest BCUT2D eigenvalue weighted by Gasteiger charge is 2.33. The monoisotopic (exact) mass is 400 g/mol. The van der Waals surface area contributed by atoms with Crippen LogP contribution in [0.1, 0.15) is 43.5 Å². The van der Waals surface area contributed by atoms with Crippen molar-refractivity contribution >= 4 is 23.4 Å². The number of amides is 3. The highest BCUT2D eigenvalue weighted by Crippen LogP contribution is 2.21. The molecule has 1 aromatic carbocycles. The molecule has 1 atom stereocenters. The molecular weight excluding hydrogens is 368 g/mol. The van der Waals surface area contributed by atoms with Crippen LogP contribution in [-0.2, 0) is 9.59 Å². The first-order valence-electron chi connectivity index (χ1n) is 10.7. The van der Waals surface area contributed by atoms with Gasteiger partial charge >= 0.3 is 0 Å². The van der Waals surface area contributed by atoms with Gasteiger partial charge in [0.1, 0.15) is 0 Å². The summed E-state index contributed by atoms with van der Waals surface area (Å²) in [7, 11) is 0. The molecule has 0 saturated carbocycles. The van der Waals surface area contributed by atoms with Crippen LogP contribution in [0.4, 0.5) is 5.69 Å². The van der Waals surface area contributed by atoms with E-state index < -0.39 is 0 Å². The Kier molecular flexibility index (Phi) is 7.25. The summed E-state index contributed by atoms with van der Waals surface area (Å²) in [4.78, 5) is 43.3. The summed E-state index contributed by atoms with van der Waals surface area (Å²) in [6.07, 6.45) is 2.26. The first kappa shape index (κ1) is 21.3. The zero-order chi connectivity index (χ0) is 20.8. The zero-order valence-electron chi connectivity index (χ0n) is 17.5. The summed E-state index contributed by atoms with van der Waals surface area (Å²) in [5.74, 6) is -0.350. The van der Waals surface area contributed by atoms with E-state index >= 15 is 0 Å². The van der Waals surface area contributed by atoms with Crippen molar-refractivity contribution in [3.63, 3.8) is 0 Å². The van der Waals surface area contributed by atoms with Gasteiger partial charge < -0.3 is 20.0 Å². The molecule has 0 spiro atoms. The first-order valence-corrected chi connectivity index (χ1v) is 10.7. The number of hydrogen-bond donors (Lipinski definition) is 1. The molecule has 2 aliphatic heterocycles. The highest BCUT2D eigenvalue weighted by atomic mass is 16.2. The molecule has 2 fully saturated rings. The lowest BCUT2D eigenvalue weighted by atomic mass is 10.1. The van der Waals surface area contributed by atoms with Gasteiger partial charge in [0.05, 0.1) is 5.92 Å². The van der Waals surface area contributed by atoms with Crippen molar-refractivity contribution in [2.24, 2.45) is 5.92 Å². The summed E-state index contributed by atoms with van der Waals surface area (Å²) in [5.41, 5.74) is 1.29. The number of nitrogens with zero attached hydrogens (tertiary/aromatic N) is 3. The maximum Gasteiger partial charge on any atom is 0.253 e. The van der Waals surface area contributed by atoms with Gasteiger partial charge in [0.15, 0.2) is 0 Å². The Morgan fingerprint density at radius 3 is 2.38 bits per heavy atom. The SMILES string of the molecule is CCCCN1C[C@H](C(=O)Nc2ccc(C(=O)N3CCN(CC)CC3)cc2)CC1=O. The summed E-state index contributed by atoms with van der Waals surface area (Å²) in [5, 5.41) is 2.89. The van der Waals surface area contributed by atoms with Crippen molar-refractivity contribution in [1.29, 1.82) is 0 Å². The van der Waals surface area contributed by atoms with E-state index in [1.807, 2.05) is 4.90 Å². The molecule has 2 aliphatic rings. The summed E-state index contributed by atoms with van der Waals surface area (Å²) < 4.78 is 0. The van der Waals surface area contributed by atoms with Crippen molar-refractivity contribution in [2.45, 2.75) is 33.1 Å². The molecule has 3 rings (SSSR count). The number of piperazine rings is 1. The molecule has 0 radical (unpaired) electrons. The summed E-state index contributed by atoms with van der Waals surface area (Å²) >= 11 is 0. The number of hydrogen-bond acceptors (Lipinski definition) is 4. The minimum atomic E-state index is -0.310. The van der Waals surface area contributed by atoms with Gasteiger partial charge in [-0.3, -0.25) is 14.4 Å². The minimum Gasteiger partial charge on any atom is -0.342 e. The number of unbranched alkanes of at least 4 members (excludes halogenated alkanes) is 1. The van der Waals surface area contributed by atoms with Gasteiger partial charge in [-0.05, 0) is 37.2 Å². The molecule has 2 saturated heterocycles. The number of nitrogens with one attached hydrogen (secondary N) is 1. The van der Waals surface area contributed by atoms with E-state index in [0.29, 0.717) is 17.8 Å². The number of carbonyl (C=O) groups excluding carboxylic acids is 3. The first-order chi connectivity index (χ1) is 14.0. The van der Waals surface area contributed by atoms with Crippen molar-refractivity contribution in [1.82, 2.24) is 14.7 Å². The Balaban J connectivity index is 1.52. The normalized spacial score (nSPS) is 20.2. The molecule has 0 aliphatic carbocycles. The molecule has 0 aromatic heterocycles. The summed E-state index contributed by atoms with van der Waals surface area (Å²) in [6.45, 7) is 9.76. The van der Waals surface area contributed by atoms with Gasteiger partial charge in [0.2, 0.25) is 11.8 Å². The highest BCUT2D eigenvalue weighted by molar-refractivity contribution is 5.98. The van der Waals surface area contributed by atoms with Gasteiger partial charge in [-0.2, -0.15) is 0 Å². The van der Waals surface area contributed by atoms with E-state index in [4.69, 9.17) is 0 Å². The predicted octanol–water partition coefficient (Wildman–Crippen LogP) is 2.05. The maximum absolute atomic E-state index is 12.7. The molecule has 3 amide bonds. The molecule has 0 bridgehead atoms. The molecule has 29 heavy (non-hydrogen) atoms. The van der Waals surface area contributed by atoms with E-state index in [-0.39, 0.29) is 30.1 Å². The second kappa shape index (κ2) is 9.87. The average Bonchev–Trinajstić information content (AvgIpc) is 3.13. The molecular formula is C22H32N4O3. The maximum atomic E-state index is 12.7. The molecule has 7 heteroatoms. The van der Waals surface area contributed by atoms with E-state index in [2.05, 4.69) is 24.1 Å². The lowest BCUT2D eigenvalue weighted by Gasteiger charge is -2.34. The van der Waals surface area contributed by atoms with Crippen LogP contribution >= 0.6 is 0 Å². The smallest absolute Gasteiger partial charge is 0.253 e. The molecule has 1 aromatic rings. The topological polar surface area (TPSA) is 73.0 Å². The zero-order valence-corrected chi connectivity index (χ0v) is 17.5. The number of benzene rings is 1. The van der Waals surface area contributed by atoms with E-state index in [1.54, 1.807) is 29.2 Å². The second-order valence-corrected chi connectivity index (χ2v) is 7.89. The Hall–Kier alpha value is -2.41. The number of rotatable bonds is 7. The lowest BCUT2D eigenvalue weighted by Crippen LogP contribution is -2.48. The molecule has 2 heterocycles. The quantitative estimate of drug-likeness (QED) is 0.760. The van der Waals surface area contributed by atoms with E-state index in [9.17, 15) is 14.4 Å². The van der Waals surface area contributed by atoms with Crippen LogP contribution in [0.5, 0.6) is 0 Å². The van der Waals surface area contributed by atoms with E-state index in [0.717, 1.165) is 52.1 Å². The number of likely N-dealkylation sites (N-methyl/N-ethyl adjacent to an activating group) is 1. The third kappa shape index (κ3) is 5.35. The van der Waals surface area contributed by atoms with Crippen molar-refractivity contribution in [3.8, 4) is 0 Å². The fourth-order valence-electron chi connectivity index (χ4n) is 3.90. The van der Waals surface area contributed by atoms with Crippen LogP contribution < -0.4 is 5.32 Å². The molecule has 158 valence electrons. The predicted molar refractivity (Wildman–Crippen MR) is 113 cm³/mol. The average molecular weight is 401 g/mol. The molecule has 1 N–H and O–H groups in total. The summed E-state index contributed by atoms with van der Waals surface area (Å²) in [6, 6.07) is 7.05. The van der Waals surface area contributed by atoms with Crippen LogP contribution in [-0.4, -0.2) is 78.2 Å². The van der Waals surface area contributed by atoms with Crippen molar-refractivity contribution in [2.75, 3.05) is 51.1 Å². The largest absolute Gasteiger partial charge is 0.342 e. The third-order valence-electron chi connectivity index (χ3n) is 5.87. The molecule has 7 nitrogen and oxygen atoms in total. The third-order valence-corrected chi connectivity index (χ3v) is 5.87. The number of carbonyl (C=O) groups is 3. The fourth-order valence-corrected chi connectivity index (χ4v) is 3.90. The van der Waals surface area contributed by atoms with Crippen molar-refractivity contribution < 1.29 is 14.4 Å². The molecule has 0 unspecified atom stereocenters. The van der Waals surface area contributed by atoms with Crippen molar-refractivity contribution in [3.05, 3.63) is 29.8 Å². The van der Waals surface area contributed by atoms with Gasteiger partial charge in [0, 0.05) is 56.9 Å². The van der Waals surface area contributed by atoms with Crippen LogP contribution in [0.15, 0.2) is 24.3 Å². The standard InChI is InChI=1S/C22H32N4O3/c1-3-5-10-26-16-18(15-20(26)27)21(28)23-19-8-6-17(7-9-19)22(29)25-13-11-24(4-2)12-14-25/h6-9,18H,3-5,10-16H2,1-2H3,(H,23,28)/t18-/m1/s1. The number of likely N-dealkylation sites (tertiary alicyclic amines) is 1. The van der Waals surface area contributed by atoms with Crippen LogP contribution in [0, 0.1) is 5.92 Å². The second-order valence-electron chi connectivity index (χ2n) is 7.89. The Morgan fingerprint density at radius 2 is 1.76 bits per heavy atom. The minimum absolute atomic E-state index is 0.0339. The van der Waals surface area contributed by atoms with Gasteiger partial charge in [0.25, 0.3) is 5.91 Å². The lowest BCUT2D eigenvalue weighted by molar-refractivity contribution is -0.128. The van der Waals surface area contributed by atoms with Gasteiger partial charge in [-0.25, -0.2) is 0 Å². The fraction of sp³-hybridized carbons (Fsp3) is 0.591. The van der Waals surface area contributed by atoms with Crippen LogP contribution in [0.25, 0.3) is 0 Å². The van der Waals surface area contributed by atoms with Crippen LogP contribution in [0.2, 0.25) is 0 Å². The van der Waals surface area contributed by atoms with Crippen LogP contribution in [0.3, 0.4) is 0 Å². The van der Waals surface area contributed by atoms with Gasteiger partial charge in [-0.1, -0.05) is 20.3 Å². The number of anilines is 1. The Morgan fingerprint density at radius 1 is 1.07 bits per heavy atom. The van der Waals surface area contributed by atoms with Gasteiger partial charge in [-0.15, -0.1) is 0 Å². The van der Waals surface area contributed by atoms with E-state index in [1.165, 1.54) is 0 Å². The Labute approximate surface area is 173 Å².